The minimum atomic E-state index is 0.341. The zero-order valence-corrected chi connectivity index (χ0v) is 19.5. The molecule has 3 aromatic carbocycles. The highest BCUT2D eigenvalue weighted by molar-refractivity contribution is 9.10. The van der Waals surface area contributed by atoms with Crippen LogP contribution in [-0.2, 0) is 13.2 Å². The molecule has 0 aliphatic heterocycles. The highest BCUT2D eigenvalue weighted by Crippen LogP contribution is 2.38. The number of benzene rings is 3. The molecule has 3 rings (SSSR count). The Morgan fingerprint density at radius 3 is 2.48 bits per heavy atom. The molecule has 0 fully saturated rings. The summed E-state index contributed by atoms with van der Waals surface area (Å²) in [4.78, 5) is 0. The van der Waals surface area contributed by atoms with Gasteiger partial charge in [-0.1, -0.05) is 53.0 Å². The third-order valence-corrected chi connectivity index (χ3v) is 5.63. The quantitative estimate of drug-likeness (QED) is 0.330. The van der Waals surface area contributed by atoms with Crippen LogP contribution in [0.25, 0.3) is 0 Å². The Kier molecular flexibility index (Phi) is 7.96. The van der Waals surface area contributed by atoms with Crippen LogP contribution in [0.1, 0.15) is 18.1 Å². The number of halogens is 4. The van der Waals surface area contributed by atoms with Crippen LogP contribution in [0.3, 0.4) is 0 Å². The van der Waals surface area contributed by atoms with Crippen molar-refractivity contribution in [2.24, 2.45) is 0 Å². The smallest absolute Gasteiger partial charge is 0.175 e. The second-order valence-electron chi connectivity index (χ2n) is 6.20. The largest absolute Gasteiger partial charge is 0.490 e. The summed E-state index contributed by atoms with van der Waals surface area (Å²) >= 11 is 22.1. The molecule has 0 atom stereocenters. The molecule has 0 heterocycles. The van der Waals surface area contributed by atoms with Gasteiger partial charge in [-0.25, -0.2) is 0 Å². The predicted octanol–water partition coefficient (Wildman–Crippen LogP) is 8.00. The monoisotopic (exact) mass is 513 g/mol. The van der Waals surface area contributed by atoms with E-state index in [4.69, 9.17) is 44.3 Å². The average Bonchev–Trinajstić information content (AvgIpc) is 2.69. The Balaban J connectivity index is 1.78. The van der Waals surface area contributed by atoms with Gasteiger partial charge >= 0.3 is 0 Å². The molecule has 0 aliphatic rings. The molecule has 7 heteroatoms. The first-order valence-electron chi connectivity index (χ1n) is 8.98. The van der Waals surface area contributed by atoms with E-state index in [2.05, 4.69) is 21.2 Å². The lowest BCUT2D eigenvalue weighted by Crippen LogP contribution is -2.04. The van der Waals surface area contributed by atoms with Crippen molar-refractivity contribution in [2.45, 2.75) is 20.1 Å². The fourth-order valence-corrected chi connectivity index (χ4v) is 3.87. The van der Waals surface area contributed by atoms with Crippen LogP contribution in [0.5, 0.6) is 11.5 Å². The zero-order chi connectivity index (χ0) is 20.8. The van der Waals surface area contributed by atoms with Crippen molar-refractivity contribution in [1.82, 2.24) is 0 Å². The fraction of sp³-hybridized carbons (Fsp3) is 0.182. The summed E-state index contributed by atoms with van der Waals surface area (Å²) in [5.41, 5.74) is 2.68. The van der Waals surface area contributed by atoms with Crippen molar-refractivity contribution in [3.63, 3.8) is 0 Å². The van der Waals surface area contributed by atoms with E-state index in [1.165, 1.54) is 0 Å². The van der Waals surface area contributed by atoms with Gasteiger partial charge in [0.25, 0.3) is 0 Å². The Bertz CT molecular complexity index is 998. The van der Waals surface area contributed by atoms with Gasteiger partial charge in [0.2, 0.25) is 0 Å². The highest BCUT2D eigenvalue weighted by Gasteiger charge is 2.14. The Morgan fingerprint density at radius 2 is 1.72 bits per heavy atom. The molecule has 0 unspecified atom stereocenters. The minimum absolute atomic E-state index is 0.341. The first kappa shape index (κ1) is 22.1. The third-order valence-electron chi connectivity index (χ3n) is 4.11. The van der Waals surface area contributed by atoms with Crippen molar-refractivity contribution in [1.29, 1.82) is 0 Å². The molecular weight excluding hydrogens is 497 g/mol. The lowest BCUT2D eigenvalue weighted by Gasteiger charge is -2.17. The minimum Gasteiger partial charge on any atom is -0.490 e. The van der Waals surface area contributed by atoms with Crippen LogP contribution in [0.2, 0.25) is 15.1 Å². The molecule has 0 amide bonds. The molecule has 1 N–H and O–H groups in total. The van der Waals surface area contributed by atoms with Gasteiger partial charge in [0.05, 0.1) is 21.8 Å². The van der Waals surface area contributed by atoms with Gasteiger partial charge in [0.15, 0.2) is 11.5 Å². The number of rotatable bonds is 8. The Hall–Kier alpha value is -1.59. The lowest BCUT2D eigenvalue weighted by molar-refractivity contribution is 0.267. The second-order valence-corrected chi connectivity index (χ2v) is 8.30. The van der Waals surface area contributed by atoms with Gasteiger partial charge in [-0.2, -0.15) is 0 Å². The van der Waals surface area contributed by atoms with Crippen LogP contribution < -0.4 is 14.8 Å². The third kappa shape index (κ3) is 5.95. The predicted molar refractivity (Wildman–Crippen MR) is 125 cm³/mol. The van der Waals surface area contributed by atoms with Crippen molar-refractivity contribution in [3.05, 3.63) is 85.3 Å². The highest BCUT2D eigenvalue weighted by atomic mass is 79.9. The summed E-state index contributed by atoms with van der Waals surface area (Å²) in [7, 11) is 0. The first-order valence-corrected chi connectivity index (χ1v) is 10.9. The number of hydrogen-bond acceptors (Lipinski definition) is 3. The number of anilines is 1. The maximum atomic E-state index is 6.23. The van der Waals surface area contributed by atoms with Crippen LogP contribution in [0.15, 0.2) is 59.1 Å². The number of hydrogen-bond donors (Lipinski definition) is 1. The Morgan fingerprint density at radius 1 is 0.931 bits per heavy atom. The topological polar surface area (TPSA) is 30.5 Å². The molecule has 0 spiro atoms. The van der Waals surface area contributed by atoms with Crippen LogP contribution in [-0.4, -0.2) is 6.61 Å². The molecule has 29 heavy (non-hydrogen) atoms. The summed E-state index contributed by atoms with van der Waals surface area (Å²) in [6, 6.07) is 16.8. The van der Waals surface area contributed by atoms with Crippen LogP contribution in [0, 0.1) is 0 Å². The van der Waals surface area contributed by atoms with Gasteiger partial charge < -0.3 is 14.8 Å². The molecule has 0 aliphatic carbocycles. The standard InChI is InChI=1S/C22H19BrCl3NO2/c1-2-28-21-10-14(12-27-20-11-16(24)7-8-19(20)26)9-17(23)22(21)29-13-15-5-3-4-6-18(15)25/h3-11,27H,2,12-13H2,1H3. The van der Waals surface area contributed by atoms with Crippen molar-refractivity contribution in [3.8, 4) is 11.5 Å². The molecule has 152 valence electrons. The van der Waals surface area contributed by atoms with E-state index in [1.807, 2.05) is 43.3 Å². The number of ether oxygens (including phenoxy) is 2. The zero-order valence-electron chi connectivity index (χ0n) is 15.6. The van der Waals surface area contributed by atoms with Gasteiger partial charge in [0.1, 0.15) is 6.61 Å². The molecular formula is C22H19BrCl3NO2. The van der Waals surface area contributed by atoms with E-state index in [1.54, 1.807) is 18.2 Å². The summed E-state index contributed by atoms with van der Waals surface area (Å²) in [6.45, 7) is 3.34. The Labute approximate surface area is 194 Å². The van der Waals surface area contributed by atoms with Gasteiger partial charge in [-0.15, -0.1) is 0 Å². The SMILES string of the molecule is CCOc1cc(CNc2cc(Cl)ccc2Cl)cc(Br)c1OCc1ccccc1Cl. The van der Waals surface area contributed by atoms with E-state index in [0.717, 1.165) is 21.3 Å². The van der Waals surface area contributed by atoms with Crippen molar-refractivity contribution < 1.29 is 9.47 Å². The molecule has 3 nitrogen and oxygen atoms in total. The maximum Gasteiger partial charge on any atom is 0.175 e. The molecule has 0 bridgehead atoms. The summed E-state index contributed by atoms with van der Waals surface area (Å²) in [5, 5.41) is 5.20. The van der Waals surface area contributed by atoms with Crippen LogP contribution in [0.4, 0.5) is 5.69 Å². The van der Waals surface area contributed by atoms with Crippen molar-refractivity contribution in [2.75, 3.05) is 11.9 Å². The molecule has 0 saturated heterocycles. The maximum absolute atomic E-state index is 6.23. The summed E-state index contributed by atoms with van der Waals surface area (Å²) in [6.07, 6.45) is 0. The second kappa shape index (κ2) is 10.4. The van der Waals surface area contributed by atoms with Crippen molar-refractivity contribution >= 4 is 56.4 Å². The normalized spacial score (nSPS) is 10.7. The van der Waals surface area contributed by atoms with E-state index in [-0.39, 0.29) is 0 Å². The molecule has 0 aromatic heterocycles. The van der Waals surface area contributed by atoms with Gasteiger partial charge in [-0.05, 0) is 64.8 Å². The number of nitrogens with one attached hydrogen (secondary N) is 1. The molecule has 3 aromatic rings. The van der Waals surface area contributed by atoms with E-state index >= 15 is 0 Å². The van der Waals surface area contributed by atoms with Gasteiger partial charge in [0, 0.05) is 22.2 Å². The molecule has 0 saturated carbocycles. The van der Waals surface area contributed by atoms with E-state index < -0.39 is 0 Å². The van der Waals surface area contributed by atoms with E-state index in [0.29, 0.717) is 46.3 Å². The lowest BCUT2D eigenvalue weighted by atomic mass is 10.2. The first-order chi connectivity index (χ1) is 14.0. The summed E-state index contributed by atoms with van der Waals surface area (Å²) < 4.78 is 12.6. The molecule has 0 radical (unpaired) electrons. The average molecular weight is 516 g/mol. The van der Waals surface area contributed by atoms with Gasteiger partial charge in [-0.3, -0.25) is 0 Å². The van der Waals surface area contributed by atoms with Crippen LogP contribution >= 0.6 is 50.7 Å². The fourth-order valence-electron chi connectivity index (χ4n) is 2.72. The summed E-state index contributed by atoms with van der Waals surface area (Å²) in [5.74, 6) is 1.29. The van der Waals surface area contributed by atoms with E-state index in [9.17, 15) is 0 Å².